The molecule has 0 radical (unpaired) electrons. The average molecular weight is 279 g/mol. The Balaban J connectivity index is 1.77. The predicted molar refractivity (Wildman–Crippen MR) is 81.3 cm³/mol. The first-order chi connectivity index (χ1) is 9.31. The van der Waals surface area contributed by atoms with Crippen molar-refractivity contribution in [2.24, 2.45) is 0 Å². The van der Waals surface area contributed by atoms with E-state index in [2.05, 4.69) is 32.0 Å². The second-order valence-corrected chi connectivity index (χ2v) is 5.00. The molecule has 1 saturated heterocycles. The number of anilines is 1. The molecule has 0 amide bonds. The zero-order valence-electron chi connectivity index (χ0n) is 11.4. The Morgan fingerprint density at radius 3 is 2.58 bits per heavy atom. The fourth-order valence-electron chi connectivity index (χ4n) is 2.05. The lowest BCUT2D eigenvalue weighted by Crippen LogP contribution is -2.52. The molecule has 0 bridgehead atoms. The number of rotatable bonds is 4. The number of nitrogens with zero attached hydrogens (tertiary/aromatic N) is 4. The van der Waals surface area contributed by atoms with Crippen molar-refractivity contribution in [2.45, 2.75) is 19.8 Å². The lowest BCUT2D eigenvalue weighted by molar-refractivity contribution is 0.377. The molecule has 2 heterocycles. The average Bonchev–Trinajstić information content (AvgIpc) is 2.48. The van der Waals surface area contributed by atoms with E-state index < -0.39 is 0 Å². The molecule has 19 heavy (non-hydrogen) atoms. The van der Waals surface area contributed by atoms with Gasteiger partial charge in [-0.1, -0.05) is 13.3 Å². The number of hydrogen-bond donors (Lipinski definition) is 1. The number of hydrogen-bond acceptors (Lipinski definition) is 4. The molecule has 1 aromatic rings. The second-order valence-electron chi connectivity index (χ2n) is 4.61. The zero-order chi connectivity index (χ0) is 13.5. The number of thiocarbonyl (C=S) groups is 1. The Labute approximate surface area is 120 Å². The van der Waals surface area contributed by atoms with Crippen LogP contribution in [-0.2, 0) is 0 Å². The summed E-state index contributed by atoms with van der Waals surface area (Å²) in [6.07, 6.45) is 5.92. The number of aromatic nitrogens is 2. The maximum absolute atomic E-state index is 5.41. The van der Waals surface area contributed by atoms with E-state index in [9.17, 15) is 0 Å². The van der Waals surface area contributed by atoms with Gasteiger partial charge in [-0.2, -0.15) is 0 Å². The molecule has 6 heteroatoms. The van der Waals surface area contributed by atoms with Gasteiger partial charge in [0.15, 0.2) is 5.11 Å². The summed E-state index contributed by atoms with van der Waals surface area (Å²) in [5.74, 6) is 0.812. The van der Waals surface area contributed by atoms with E-state index in [1.54, 1.807) is 12.4 Å². The van der Waals surface area contributed by atoms with Crippen LogP contribution >= 0.6 is 12.2 Å². The molecule has 1 fully saturated rings. The standard InChI is InChI=1S/C13H21N5S/c1-2-3-5-16-13(19)18-10-8-17(9-11-18)12-14-6-4-7-15-12/h4,6-7H,2-3,5,8-11H2,1H3,(H,16,19). The van der Waals surface area contributed by atoms with Gasteiger partial charge < -0.3 is 15.1 Å². The third-order valence-electron chi connectivity index (χ3n) is 3.21. The molecule has 0 aromatic carbocycles. The van der Waals surface area contributed by atoms with Gasteiger partial charge in [0.2, 0.25) is 5.95 Å². The normalized spacial score (nSPS) is 15.4. The number of piperazine rings is 1. The lowest BCUT2D eigenvalue weighted by Gasteiger charge is -2.36. The summed E-state index contributed by atoms with van der Waals surface area (Å²) >= 11 is 5.41. The van der Waals surface area contributed by atoms with E-state index in [1.165, 1.54) is 6.42 Å². The maximum Gasteiger partial charge on any atom is 0.225 e. The van der Waals surface area contributed by atoms with Crippen molar-refractivity contribution in [1.29, 1.82) is 0 Å². The van der Waals surface area contributed by atoms with Gasteiger partial charge in [-0.3, -0.25) is 0 Å². The van der Waals surface area contributed by atoms with Crippen LogP contribution in [0.25, 0.3) is 0 Å². The third-order valence-corrected chi connectivity index (χ3v) is 3.61. The minimum Gasteiger partial charge on any atom is -0.363 e. The fraction of sp³-hybridized carbons (Fsp3) is 0.615. The molecule has 2 rings (SSSR count). The van der Waals surface area contributed by atoms with Crippen LogP contribution < -0.4 is 10.2 Å². The molecule has 1 aromatic heterocycles. The maximum atomic E-state index is 5.41. The van der Waals surface area contributed by atoms with E-state index in [0.717, 1.165) is 50.2 Å². The summed E-state index contributed by atoms with van der Waals surface area (Å²) in [5.41, 5.74) is 0. The van der Waals surface area contributed by atoms with Crippen LogP contribution in [0.1, 0.15) is 19.8 Å². The van der Waals surface area contributed by atoms with Crippen LogP contribution in [0.5, 0.6) is 0 Å². The van der Waals surface area contributed by atoms with Crippen molar-refractivity contribution >= 4 is 23.3 Å². The van der Waals surface area contributed by atoms with E-state index >= 15 is 0 Å². The molecule has 0 saturated carbocycles. The number of unbranched alkanes of at least 4 members (excludes halogenated alkanes) is 1. The highest BCUT2D eigenvalue weighted by molar-refractivity contribution is 7.80. The molecule has 1 aliphatic rings. The summed E-state index contributed by atoms with van der Waals surface area (Å²) in [6.45, 7) is 6.84. The number of nitrogens with one attached hydrogen (secondary N) is 1. The van der Waals surface area contributed by atoms with Crippen LogP contribution in [0.2, 0.25) is 0 Å². The quantitative estimate of drug-likeness (QED) is 0.661. The Morgan fingerprint density at radius 2 is 1.95 bits per heavy atom. The Bertz CT molecular complexity index is 389. The first-order valence-corrected chi connectivity index (χ1v) is 7.27. The summed E-state index contributed by atoms with van der Waals surface area (Å²) < 4.78 is 0. The lowest BCUT2D eigenvalue weighted by atomic mass is 10.3. The summed E-state index contributed by atoms with van der Waals surface area (Å²) in [7, 11) is 0. The summed E-state index contributed by atoms with van der Waals surface area (Å²) in [6, 6.07) is 1.84. The second kappa shape index (κ2) is 7.23. The summed E-state index contributed by atoms with van der Waals surface area (Å²) in [5, 5.41) is 4.19. The molecule has 0 atom stereocenters. The van der Waals surface area contributed by atoms with Crippen molar-refractivity contribution in [3.8, 4) is 0 Å². The molecule has 0 spiro atoms. The SMILES string of the molecule is CCCCNC(=S)N1CCN(c2ncccn2)CC1. The largest absolute Gasteiger partial charge is 0.363 e. The minimum atomic E-state index is 0.812. The van der Waals surface area contributed by atoms with Gasteiger partial charge in [-0.25, -0.2) is 9.97 Å². The monoisotopic (exact) mass is 279 g/mol. The zero-order valence-corrected chi connectivity index (χ0v) is 12.2. The van der Waals surface area contributed by atoms with Gasteiger partial charge >= 0.3 is 0 Å². The van der Waals surface area contributed by atoms with Crippen LogP contribution in [0.3, 0.4) is 0 Å². The van der Waals surface area contributed by atoms with E-state index in [4.69, 9.17) is 12.2 Å². The van der Waals surface area contributed by atoms with Gasteiger partial charge in [0, 0.05) is 45.1 Å². The van der Waals surface area contributed by atoms with E-state index in [1.807, 2.05) is 6.07 Å². The molecule has 5 nitrogen and oxygen atoms in total. The van der Waals surface area contributed by atoms with Gasteiger partial charge in [0.05, 0.1) is 0 Å². The van der Waals surface area contributed by atoms with Crippen molar-refractivity contribution in [1.82, 2.24) is 20.2 Å². The highest BCUT2D eigenvalue weighted by Gasteiger charge is 2.19. The van der Waals surface area contributed by atoms with Gasteiger partial charge in [-0.15, -0.1) is 0 Å². The van der Waals surface area contributed by atoms with Crippen LogP contribution in [0, 0.1) is 0 Å². The molecular formula is C13H21N5S. The van der Waals surface area contributed by atoms with Crippen LogP contribution in [-0.4, -0.2) is 52.7 Å². The first-order valence-electron chi connectivity index (χ1n) is 6.86. The Kier molecular flexibility index (Phi) is 5.32. The molecule has 0 aliphatic carbocycles. The van der Waals surface area contributed by atoms with Gasteiger partial charge in [0.1, 0.15) is 0 Å². The molecule has 1 N–H and O–H groups in total. The van der Waals surface area contributed by atoms with Crippen molar-refractivity contribution < 1.29 is 0 Å². The molecule has 0 unspecified atom stereocenters. The first kappa shape index (κ1) is 14.0. The predicted octanol–water partition coefficient (Wildman–Crippen LogP) is 1.27. The Morgan fingerprint density at radius 1 is 1.26 bits per heavy atom. The minimum absolute atomic E-state index is 0.812. The molecule has 1 aliphatic heterocycles. The van der Waals surface area contributed by atoms with Crippen molar-refractivity contribution in [2.75, 3.05) is 37.6 Å². The third kappa shape index (κ3) is 4.02. The molecular weight excluding hydrogens is 258 g/mol. The highest BCUT2D eigenvalue weighted by Crippen LogP contribution is 2.09. The summed E-state index contributed by atoms with van der Waals surface area (Å²) in [4.78, 5) is 13.0. The van der Waals surface area contributed by atoms with E-state index in [-0.39, 0.29) is 0 Å². The molecule has 104 valence electrons. The highest BCUT2D eigenvalue weighted by atomic mass is 32.1. The van der Waals surface area contributed by atoms with Crippen molar-refractivity contribution in [3.63, 3.8) is 0 Å². The smallest absolute Gasteiger partial charge is 0.225 e. The van der Waals surface area contributed by atoms with Crippen LogP contribution in [0.15, 0.2) is 18.5 Å². The van der Waals surface area contributed by atoms with Crippen molar-refractivity contribution in [3.05, 3.63) is 18.5 Å². The Hall–Kier alpha value is -1.43. The van der Waals surface area contributed by atoms with Gasteiger partial charge in [-0.05, 0) is 24.7 Å². The van der Waals surface area contributed by atoms with Gasteiger partial charge in [0.25, 0.3) is 0 Å². The topological polar surface area (TPSA) is 44.3 Å². The fourth-order valence-corrected chi connectivity index (χ4v) is 2.33. The van der Waals surface area contributed by atoms with E-state index in [0.29, 0.717) is 0 Å². The van der Waals surface area contributed by atoms with Crippen LogP contribution in [0.4, 0.5) is 5.95 Å².